The molecule has 1 atom stereocenters. The summed E-state index contributed by atoms with van der Waals surface area (Å²) in [5.74, 6) is 0.782. The third-order valence-electron chi connectivity index (χ3n) is 3.45. The molecule has 1 unspecified atom stereocenters. The summed E-state index contributed by atoms with van der Waals surface area (Å²) in [6.07, 6.45) is 2.55. The first-order valence-electron chi connectivity index (χ1n) is 6.68. The molecule has 16 heavy (non-hydrogen) atoms. The summed E-state index contributed by atoms with van der Waals surface area (Å²) < 4.78 is 0. The van der Waals surface area contributed by atoms with Crippen LogP contribution >= 0.6 is 0 Å². The van der Waals surface area contributed by atoms with Crippen LogP contribution in [0.2, 0.25) is 0 Å². The summed E-state index contributed by atoms with van der Waals surface area (Å²) in [6.45, 7) is 14.9. The number of nitrogens with one attached hydrogen (secondary N) is 1. The molecule has 2 nitrogen and oxygen atoms in total. The number of nitrogens with zero attached hydrogens (tertiary/aromatic N) is 1. The Balaban J connectivity index is 2.69. The summed E-state index contributed by atoms with van der Waals surface area (Å²) >= 11 is 0. The Bertz CT molecular complexity index is 243. The van der Waals surface area contributed by atoms with Crippen molar-refractivity contribution in [3.8, 4) is 0 Å². The van der Waals surface area contributed by atoms with E-state index in [1.807, 2.05) is 0 Å². The molecule has 0 aromatic heterocycles. The minimum Gasteiger partial charge on any atom is -0.387 e. The van der Waals surface area contributed by atoms with Crippen LogP contribution in [0.15, 0.2) is 11.3 Å². The summed E-state index contributed by atoms with van der Waals surface area (Å²) in [5.41, 5.74) is 2.88. The predicted molar refractivity (Wildman–Crippen MR) is 71.5 cm³/mol. The average molecular weight is 224 g/mol. The zero-order chi connectivity index (χ0) is 12.1. The minimum atomic E-state index is 0.701. The quantitative estimate of drug-likeness (QED) is 0.789. The normalized spacial score (nSPS) is 23.5. The second-order valence-electron chi connectivity index (χ2n) is 5.54. The van der Waals surface area contributed by atoms with Gasteiger partial charge in [-0.15, -0.1) is 0 Å². The van der Waals surface area contributed by atoms with E-state index in [-0.39, 0.29) is 0 Å². The highest BCUT2D eigenvalue weighted by molar-refractivity contribution is 5.12. The van der Waals surface area contributed by atoms with Gasteiger partial charge in [-0.1, -0.05) is 20.8 Å². The average Bonchev–Trinajstić information content (AvgIpc) is 2.32. The van der Waals surface area contributed by atoms with Gasteiger partial charge >= 0.3 is 0 Å². The lowest BCUT2D eigenvalue weighted by atomic mass is 10.0. The van der Waals surface area contributed by atoms with Crippen molar-refractivity contribution in [3.05, 3.63) is 11.3 Å². The van der Waals surface area contributed by atoms with E-state index in [9.17, 15) is 0 Å². The van der Waals surface area contributed by atoms with E-state index in [1.165, 1.54) is 30.7 Å². The van der Waals surface area contributed by atoms with E-state index in [4.69, 9.17) is 0 Å². The maximum absolute atomic E-state index is 3.58. The zero-order valence-electron chi connectivity index (χ0n) is 11.6. The molecule has 1 N–H and O–H groups in total. The summed E-state index contributed by atoms with van der Waals surface area (Å²) in [7, 11) is 0. The number of rotatable bonds is 4. The lowest BCUT2D eigenvalue weighted by Crippen LogP contribution is -2.41. The molecule has 0 radical (unpaired) electrons. The summed E-state index contributed by atoms with van der Waals surface area (Å²) in [6, 6.07) is 0.701. The first-order chi connectivity index (χ1) is 7.54. The van der Waals surface area contributed by atoms with Gasteiger partial charge in [-0.2, -0.15) is 0 Å². The van der Waals surface area contributed by atoms with Crippen LogP contribution in [0.25, 0.3) is 0 Å². The Morgan fingerprint density at radius 3 is 2.62 bits per heavy atom. The molecule has 0 aromatic rings. The lowest BCUT2D eigenvalue weighted by molar-refractivity contribution is 0.192. The maximum Gasteiger partial charge on any atom is 0.0300 e. The van der Waals surface area contributed by atoms with Gasteiger partial charge < -0.3 is 5.32 Å². The van der Waals surface area contributed by atoms with Gasteiger partial charge in [0, 0.05) is 24.8 Å². The van der Waals surface area contributed by atoms with Gasteiger partial charge in [0.25, 0.3) is 0 Å². The van der Waals surface area contributed by atoms with Crippen molar-refractivity contribution in [1.29, 1.82) is 0 Å². The van der Waals surface area contributed by atoms with Gasteiger partial charge in [-0.05, 0) is 44.7 Å². The molecule has 0 bridgehead atoms. The van der Waals surface area contributed by atoms with Crippen molar-refractivity contribution in [1.82, 2.24) is 10.2 Å². The molecule has 2 heteroatoms. The fraction of sp³-hybridized carbons (Fsp3) is 0.857. The standard InChI is InChI=1S/C14H28N2/c1-6-7-16-10-12(4)13(5)15-9-14(16)8-11(2)3/h11,14-15H,6-10H2,1-5H3. The van der Waals surface area contributed by atoms with Gasteiger partial charge in [0.15, 0.2) is 0 Å². The fourth-order valence-corrected chi connectivity index (χ4v) is 2.43. The summed E-state index contributed by atoms with van der Waals surface area (Å²) in [5, 5.41) is 3.58. The van der Waals surface area contributed by atoms with Crippen molar-refractivity contribution in [2.75, 3.05) is 19.6 Å². The Kier molecular flexibility index (Phi) is 5.33. The monoisotopic (exact) mass is 224 g/mol. The van der Waals surface area contributed by atoms with Gasteiger partial charge in [-0.3, -0.25) is 4.90 Å². The van der Waals surface area contributed by atoms with Crippen molar-refractivity contribution < 1.29 is 0 Å². The van der Waals surface area contributed by atoms with Crippen molar-refractivity contribution in [3.63, 3.8) is 0 Å². The van der Waals surface area contributed by atoms with Crippen LogP contribution in [0.3, 0.4) is 0 Å². The molecular formula is C14H28N2. The third kappa shape index (κ3) is 3.82. The van der Waals surface area contributed by atoms with E-state index in [0.717, 1.165) is 19.0 Å². The van der Waals surface area contributed by atoms with Crippen LogP contribution in [0.4, 0.5) is 0 Å². The van der Waals surface area contributed by atoms with Crippen LogP contribution in [-0.2, 0) is 0 Å². The van der Waals surface area contributed by atoms with Crippen LogP contribution < -0.4 is 5.32 Å². The molecule has 0 saturated heterocycles. The van der Waals surface area contributed by atoms with Crippen LogP contribution in [0.5, 0.6) is 0 Å². The van der Waals surface area contributed by atoms with E-state index in [0.29, 0.717) is 6.04 Å². The van der Waals surface area contributed by atoms with Crippen LogP contribution in [0.1, 0.15) is 47.5 Å². The molecule has 0 amide bonds. The highest BCUT2D eigenvalue weighted by atomic mass is 15.2. The fourth-order valence-electron chi connectivity index (χ4n) is 2.43. The SMILES string of the molecule is CCCN1CC(C)=C(C)NCC1CC(C)C. The molecule has 1 aliphatic heterocycles. The van der Waals surface area contributed by atoms with Gasteiger partial charge in [-0.25, -0.2) is 0 Å². The zero-order valence-corrected chi connectivity index (χ0v) is 11.6. The number of hydrogen-bond acceptors (Lipinski definition) is 2. The lowest BCUT2D eigenvalue weighted by Gasteiger charge is -2.31. The second kappa shape index (κ2) is 6.29. The van der Waals surface area contributed by atoms with Crippen molar-refractivity contribution in [2.24, 2.45) is 5.92 Å². The molecule has 0 aromatic carbocycles. The summed E-state index contributed by atoms with van der Waals surface area (Å²) in [4.78, 5) is 2.65. The Hall–Kier alpha value is -0.500. The van der Waals surface area contributed by atoms with Crippen LogP contribution in [0, 0.1) is 5.92 Å². The Labute approximate surface area is 101 Å². The first-order valence-corrected chi connectivity index (χ1v) is 6.68. The van der Waals surface area contributed by atoms with Crippen molar-refractivity contribution >= 4 is 0 Å². The second-order valence-corrected chi connectivity index (χ2v) is 5.54. The predicted octanol–water partition coefficient (Wildman–Crippen LogP) is 3.01. The van der Waals surface area contributed by atoms with E-state index in [2.05, 4.69) is 44.8 Å². The maximum atomic E-state index is 3.58. The van der Waals surface area contributed by atoms with Crippen LogP contribution in [-0.4, -0.2) is 30.6 Å². The third-order valence-corrected chi connectivity index (χ3v) is 3.45. The molecule has 0 aliphatic carbocycles. The van der Waals surface area contributed by atoms with E-state index in [1.54, 1.807) is 0 Å². The van der Waals surface area contributed by atoms with E-state index < -0.39 is 0 Å². The molecule has 1 heterocycles. The highest BCUT2D eigenvalue weighted by Gasteiger charge is 2.22. The highest BCUT2D eigenvalue weighted by Crippen LogP contribution is 2.17. The van der Waals surface area contributed by atoms with Gasteiger partial charge in [0.2, 0.25) is 0 Å². The molecular weight excluding hydrogens is 196 g/mol. The largest absolute Gasteiger partial charge is 0.387 e. The molecule has 0 spiro atoms. The smallest absolute Gasteiger partial charge is 0.0300 e. The Morgan fingerprint density at radius 2 is 2.06 bits per heavy atom. The van der Waals surface area contributed by atoms with Gasteiger partial charge in [0.05, 0.1) is 0 Å². The molecule has 0 saturated carbocycles. The molecule has 1 rings (SSSR count). The Morgan fingerprint density at radius 1 is 1.38 bits per heavy atom. The number of hydrogen-bond donors (Lipinski definition) is 1. The topological polar surface area (TPSA) is 15.3 Å². The van der Waals surface area contributed by atoms with E-state index >= 15 is 0 Å². The molecule has 1 aliphatic rings. The molecule has 94 valence electrons. The van der Waals surface area contributed by atoms with Crippen molar-refractivity contribution in [2.45, 2.75) is 53.5 Å². The number of allylic oxidation sites excluding steroid dienone is 1. The van der Waals surface area contributed by atoms with Gasteiger partial charge in [0.1, 0.15) is 0 Å². The first kappa shape index (κ1) is 13.6. The molecule has 0 fully saturated rings. The minimum absolute atomic E-state index is 0.701.